The van der Waals surface area contributed by atoms with E-state index in [1.807, 2.05) is 0 Å². The van der Waals surface area contributed by atoms with Gasteiger partial charge in [0.15, 0.2) is 0 Å². The minimum absolute atomic E-state index is 0.0363. The molecule has 3 nitrogen and oxygen atoms in total. The fourth-order valence-electron chi connectivity index (χ4n) is 3.05. The number of carbonyl (C=O) groups is 1. The molecule has 0 radical (unpaired) electrons. The molecule has 0 saturated heterocycles. The van der Waals surface area contributed by atoms with E-state index < -0.39 is 18.0 Å². The number of rotatable bonds is 3. The third kappa shape index (κ3) is 3.22. The summed E-state index contributed by atoms with van der Waals surface area (Å²) >= 11 is 0. The summed E-state index contributed by atoms with van der Waals surface area (Å²) in [5, 5.41) is 4.12. The predicted octanol–water partition coefficient (Wildman–Crippen LogP) is 3.21. The maximum atomic E-state index is 13.0. The van der Waals surface area contributed by atoms with Crippen molar-refractivity contribution in [2.45, 2.75) is 45.2 Å². The summed E-state index contributed by atoms with van der Waals surface area (Å²) in [6.07, 6.45) is -2.56. The van der Waals surface area contributed by atoms with Crippen molar-refractivity contribution in [3.8, 4) is 0 Å². The third-order valence-corrected chi connectivity index (χ3v) is 4.05. The Balaban J connectivity index is 2.12. The molecule has 1 aliphatic carbocycles. The molecule has 1 aromatic rings. The molecule has 2 rings (SSSR count). The molecule has 0 N–H and O–H groups in total. The minimum Gasteiger partial charge on any atom is -0.299 e. The van der Waals surface area contributed by atoms with Gasteiger partial charge in [-0.2, -0.15) is 18.3 Å². The number of ketones is 1. The summed E-state index contributed by atoms with van der Waals surface area (Å²) in [6.45, 7) is 1.80. The van der Waals surface area contributed by atoms with Crippen molar-refractivity contribution in [1.82, 2.24) is 9.78 Å². The van der Waals surface area contributed by atoms with Crippen LogP contribution in [0.4, 0.5) is 13.2 Å². The van der Waals surface area contributed by atoms with E-state index in [1.165, 1.54) is 0 Å². The van der Waals surface area contributed by atoms with E-state index in [1.54, 1.807) is 24.7 Å². The topological polar surface area (TPSA) is 34.9 Å². The first-order valence-corrected chi connectivity index (χ1v) is 6.88. The molecule has 2 atom stereocenters. The number of Topliss-reactive ketones (excluding diaryl/α,β-unsaturated/α-hetero) is 1. The zero-order valence-corrected chi connectivity index (χ0v) is 11.7. The van der Waals surface area contributed by atoms with Crippen LogP contribution in [0, 0.1) is 18.8 Å². The lowest BCUT2D eigenvalue weighted by Crippen LogP contribution is -2.38. The molecule has 1 heterocycles. The smallest absolute Gasteiger partial charge is 0.299 e. The first-order chi connectivity index (χ1) is 9.29. The Morgan fingerprint density at radius 3 is 2.60 bits per heavy atom. The lowest BCUT2D eigenvalue weighted by molar-refractivity contribution is -0.197. The van der Waals surface area contributed by atoms with Crippen LogP contribution in [0.2, 0.25) is 0 Å². The number of alkyl halides is 3. The molecule has 6 heteroatoms. The van der Waals surface area contributed by atoms with Crippen molar-refractivity contribution in [2.24, 2.45) is 18.9 Å². The zero-order valence-electron chi connectivity index (χ0n) is 11.7. The van der Waals surface area contributed by atoms with Crippen molar-refractivity contribution in [3.05, 3.63) is 17.5 Å². The fourth-order valence-corrected chi connectivity index (χ4v) is 3.05. The average Bonchev–Trinajstić information content (AvgIpc) is 2.66. The van der Waals surface area contributed by atoms with Gasteiger partial charge in [-0.05, 0) is 25.8 Å². The molecule has 1 fully saturated rings. The van der Waals surface area contributed by atoms with Crippen LogP contribution >= 0.6 is 0 Å². The quantitative estimate of drug-likeness (QED) is 0.856. The molecule has 0 aliphatic heterocycles. The van der Waals surface area contributed by atoms with Crippen molar-refractivity contribution in [3.63, 3.8) is 0 Å². The number of nitrogens with zero attached hydrogens (tertiary/aromatic N) is 2. The fraction of sp³-hybridized carbons (Fsp3) is 0.714. The Hall–Kier alpha value is -1.33. The van der Waals surface area contributed by atoms with E-state index in [0.717, 1.165) is 5.69 Å². The molecule has 112 valence electrons. The normalized spacial score (nSPS) is 23.9. The van der Waals surface area contributed by atoms with Crippen LogP contribution in [0.25, 0.3) is 0 Å². The lowest BCUT2D eigenvalue weighted by atomic mass is 9.75. The Morgan fingerprint density at radius 1 is 1.40 bits per heavy atom. The molecule has 1 aromatic heterocycles. The molecule has 0 aromatic carbocycles. The Kier molecular flexibility index (Phi) is 4.20. The first kappa shape index (κ1) is 15.1. The van der Waals surface area contributed by atoms with Gasteiger partial charge in [0.05, 0.1) is 11.6 Å². The SMILES string of the molecule is Cc1cc(CC(=O)C2CCCCC2C(F)(F)F)n(C)n1. The van der Waals surface area contributed by atoms with Crippen LogP contribution in [0.1, 0.15) is 37.1 Å². The van der Waals surface area contributed by atoms with Crippen LogP contribution in [0.15, 0.2) is 6.07 Å². The van der Waals surface area contributed by atoms with Gasteiger partial charge in [-0.1, -0.05) is 12.8 Å². The van der Waals surface area contributed by atoms with Gasteiger partial charge >= 0.3 is 6.18 Å². The second kappa shape index (κ2) is 5.58. The van der Waals surface area contributed by atoms with E-state index in [2.05, 4.69) is 5.10 Å². The first-order valence-electron chi connectivity index (χ1n) is 6.88. The highest BCUT2D eigenvalue weighted by Crippen LogP contribution is 2.42. The predicted molar refractivity (Wildman–Crippen MR) is 68.2 cm³/mol. The lowest BCUT2D eigenvalue weighted by Gasteiger charge is -2.32. The number of hydrogen-bond donors (Lipinski definition) is 0. The van der Waals surface area contributed by atoms with Crippen LogP contribution in [0.3, 0.4) is 0 Å². The molecular formula is C14H19F3N2O. The van der Waals surface area contributed by atoms with Gasteiger partial charge in [0.25, 0.3) is 0 Å². The van der Waals surface area contributed by atoms with Crippen LogP contribution in [-0.2, 0) is 18.3 Å². The summed E-state index contributed by atoms with van der Waals surface area (Å²) < 4.78 is 40.6. The van der Waals surface area contributed by atoms with Gasteiger partial charge < -0.3 is 0 Å². The maximum Gasteiger partial charge on any atom is 0.392 e. The number of halogens is 3. The molecule has 1 saturated carbocycles. The van der Waals surface area contributed by atoms with Crippen molar-refractivity contribution in [1.29, 1.82) is 0 Å². The van der Waals surface area contributed by atoms with Crippen LogP contribution in [0.5, 0.6) is 0 Å². The molecule has 0 spiro atoms. The molecule has 0 amide bonds. The Labute approximate surface area is 116 Å². The highest BCUT2D eigenvalue weighted by atomic mass is 19.4. The van der Waals surface area contributed by atoms with E-state index >= 15 is 0 Å². The Morgan fingerprint density at radius 2 is 2.05 bits per heavy atom. The van der Waals surface area contributed by atoms with Gasteiger partial charge in [0.1, 0.15) is 5.78 Å². The van der Waals surface area contributed by atoms with Gasteiger partial charge in [-0.3, -0.25) is 9.48 Å². The average molecular weight is 288 g/mol. The number of hydrogen-bond acceptors (Lipinski definition) is 2. The van der Waals surface area contributed by atoms with E-state index in [-0.39, 0.29) is 18.6 Å². The number of carbonyl (C=O) groups excluding carboxylic acids is 1. The molecule has 1 aliphatic rings. The molecule has 0 bridgehead atoms. The maximum absolute atomic E-state index is 13.0. The monoisotopic (exact) mass is 288 g/mol. The van der Waals surface area contributed by atoms with Gasteiger partial charge in [-0.15, -0.1) is 0 Å². The van der Waals surface area contributed by atoms with E-state index in [9.17, 15) is 18.0 Å². The molecule has 2 unspecified atom stereocenters. The number of aromatic nitrogens is 2. The second-order valence-electron chi connectivity index (χ2n) is 5.58. The number of aryl methyl sites for hydroxylation is 2. The highest BCUT2D eigenvalue weighted by molar-refractivity contribution is 5.83. The standard InChI is InChI=1S/C14H19F3N2O/c1-9-7-10(19(2)18-9)8-13(20)11-5-3-4-6-12(11)14(15,16)17/h7,11-12H,3-6,8H2,1-2H3. The Bertz CT molecular complexity index is 493. The van der Waals surface area contributed by atoms with Gasteiger partial charge in [0.2, 0.25) is 0 Å². The minimum atomic E-state index is -4.27. The van der Waals surface area contributed by atoms with Gasteiger partial charge in [0, 0.05) is 25.1 Å². The molecular weight excluding hydrogens is 269 g/mol. The van der Waals surface area contributed by atoms with Gasteiger partial charge in [-0.25, -0.2) is 0 Å². The summed E-state index contributed by atoms with van der Waals surface area (Å²) in [5.41, 5.74) is 1.45. The highest BCUT2D eigenvalue weighted by Gasteiger charge is 2.47. The largest absolute Gasteiger partial charge is 0.392 e. The summed E-state index contributed by atoms with van der Waals surface area (Å²) in [4.78, 5) is 12.2. The zero-order chi connectivity index (χ0) is 14.9. The van der Waals surface area contributed by atoms with Crippen molar-refractivity contribution >= 4 is 5.78 Å². The second-order valence-corrected chi connectivity index (χ2v) is 5.58. The summed E-state index contributed by atoms with van der Waals surface area (Å²) in [5.74, 6) is -2.67. The van der Waals surface area contributed by atoms with Crippen LogP contribution < -0.4 is 0 Å². The molecule has 20 heavy (non-hydrogen) atoms. The van der Waals surface area contributed by atoms with Crippen molar-refractivity contribution in [2.75, 3.05) is 0 Å². The van der Waals surface area contributed by atoms with Crippen molar-refractivity contribution < 1.29 is 18.0 Å². The third-order valence-electron chi connectivity index (χ3n) is 4.05. The van der Waals surface area contributed by atoms with Crippen LogP contribution in [-0.4, -0.2) is 21.7 Å². The summed E-state index contributed by atoms with van der Waals surface area (Å²) in [6, 6.07) is 1.75. The summed E-state index contributed by atoms with van der Waals surface area (Å²) in [7, 11) is 1.71. The van der Waals surface area contributed by atoms with E-state index in [0.29, 0.717) is 25.0 Å². The van der Waals surface area contributed by atoms with E-state index in [4.69, 9.17) is 0 Å².